The van der Waals surface area contributed by atoms with E-state index in [2.05, 4.69) is 5.32 Å². The quantitative estimate of drug-likeness (QED) is 0.617. The van der Waals surface area contributed by atoms with Crippen LogP contribution in [0.5, 0.6) is 0 Å². The van der Waals surface area contributed by atoms with Gasteiger partial charge in [-0.15, -0.1) is 0 Å². The molecule has 1 saturated heterocycles. The van der Waals surface area contributed by atoms with Gasteiger partial charge in [-0.2, -0.15) is 0 Å². The molecule has 0 aromatic carbocycles. The van der Waals surface area contributed by atoms with Gasteiger partial charge >= 0.3 is 0 Å². The van der Waals surface area contributed by atoms with Crippen molar-refractivity contribution in [2.24, 2.45) is 11.3 Å². The number of aliphatic hydroxyl groups is 1. The Morgan fingerprint density at radius 2 is 1.91 bits per heavy atom. The molecule has 2 N–H and O–H groups in total. The number of aliphatic hydroxyl groups excluding tert-OH is 1. The van der Waals surface area contributed by atoms with Crippen molar-refractivity contribution >= 4 is 0 Å². The normalized spacial score (nSPS) is 30.3. The van der Waals surface area contributed by atoms with Gasteiger partial charge in [-0.3, -0.25) is 0 Å². The monoisotopic (exact) mass is 155 g/mol. The van der Waals surface area contributed by atoms with Gasteiger partial charge in [0.15, 0.2) is 0 Å². The van der Waals surface area contributed by atoms with E-state index in [4.69, 9.17) is 0 Å². The van der Waals surface area contributed by atoms with E-state index in [1.54, 1.807) is 0 Å². The fourth-order valence-electron chi connectivity index (χ4n) is 2.32. The summed E-state index contributed by atoms with van der Waals surface area (Å²) in [5, 5.41) is 12.7. The maximum atomic E-state index is 9.32. The summed E-state index contributed by atoms with van der Waals surface area (Å²) in [5.41, 5.74) is 0.325. The Morgan fingerprint density at radius 3 is 2.36 bits per heavy atom. The van der Waals surface area contributed by atoms with Crippen LogP contribution < -0.4 is 5.32 Å². The van der Waals surface area contributed by atoms with Gasteiger partial charge in [-0.25, -0.2) is 0 Å². The number of hydrogen-bond acceptors (Lipinski definition) is 2. The highest BCUT2D eigenvalue weighted by Gasteiger charge is 2.44. The Morgan fingerprint density at radius 1 is 1.27 bits per heavy atom. The first-order valence-corrected chi connectivity index (χ1v) is 4.69. The molecule has 2 nitrogen and oxygen atoms in total. The number of rotatable bonds is 2. The van der Waals surface area contributed by atoms with Crippen LogP contribution >= 0.6 is 0 Å². The summed E-state index contributed by atoms with van der Waals surface area (Å²) < 4.78 is 0. The van der Waals surface area contributed by atoms with E-state index in [-0.39, 0.29) is 0 Å². The molecule has 0 bridgehead atoms. The molecule has 1 saturated carbocycles. The zero-order valence-electron chi connectivity index (χ0n) is 6.97. The Labute approximate surface area is 68.0 Å². The minimum Gasteiger partial charge on any atom is -0.396 e. The lowest BCUT2D eigenvalue weighted by Gasteiger charge is -2.36. The predicted octanol–water partition coefficient (Wildman–Crippen LogP) is 0.758. The Bertz CT molecular complexity index is 136. The summed E-state index contributed by atoms with van der Waals surface area (Å²) in [6, 6.07) is 0. The zero-order chi connectivity index (χ0) is 7.73. The van der Waals surface area contributed by atoms with Crippen molar-refractivity contribution in [1.82, 2.24) is 5.32 Å². The molecule has 2 heteroatoms. The van der Waals surface area contributed by atoms with Gasteiger partial charge < -0.3 is 10.4 Å². The molecule has 0 spiro atoms. The average Bonchev–Trinajstić information content (AvgIpc) is 2.88. The van der Waals surface area contributed by atoms with E-state index in [0.717, 1.165) is 19.0 Å². The number of nitrogens with one attached hydrogen (secondary N) is 1. The fourth-order valence-corrected chi connectivity index (χ4v) is 2.32. The van der Waals surface area contributed by atoms with E-state index in [1.807, 2.05) is 0 Å². The standard InChI is InChI=1S/C9H17NO/c11-7-9(8-1-2-8)3-5-10-6-4-9/h8,10-11H,1-7H2. The van der Waals surface area contributed by atoms with Crippen LogP contribution in [0.4, 0.5) is 0 Å². The lowest BCUT2D eigenvalue weighted by atomic mass is 9.75. The van der Waals surface area contributed by atoms with Gasteiger partial charge in [0.25, 0.3) is 0 Å². The molecular weight excluding hydrogens is 138 g/mol. The zero-order valence-corrected chi connectivity index (χ0v) is 6.97. The Kier molecular flexibility index (Phi) is 1.90. The molecule has 2 rings (SSSR count). The molecule has 0 amide bonds. The lowest BCUT2D eigenvalue weighted by Crippen LogP contribution is -2.40. The van der Waals surface area contributed by atoms with E-state index in [9.17, 15) is 5.11 Å². The van der Waals surface area contributed by atoms with Crippen LogP contribution in [0.3, 0.4) is 0 Å². The molecule has 0 unspecified atom stereocenters. The number of hydrogen-bond donors (Lipinski definition) is 2. The van der Waals surface area contributed by atoms with Gasteiger partial charge in [0, 0.05) is 6.61 Å². The van der Waals surface area contributed by atoms with Crippen molar-refractivity contribution in [3.8, 4) is 0 Å². The second-order valence-electron chi connectivity index (χ2n) is 4.04. The third-order valence-corrected chi connectivity index (χ3v) is 3.36. The van der Waals surface area contributed by atoms with Crippen molar-refractivity contribution in [3.63, 3.8) is 0 Å². The van der Waals surface area contributed by atoms with Crippen molar-refractivity contribution in [2.45, 2.75) is 25.7 Å². The maximum Gasteiger partial charge on any atom is 0.0491 e. The van der Waals surface area contributed by atoms with Crippen LogP contribution in [0, 0.1) is 11.3 Å². The molecule has 1 aliphatic heterocycles. The molecule has 0 aromatic heterocycles. The topological polar surface area (TPSA) is 32.3 Å². The minimum absolute atomic E-state index is 0.325. The summed E-state index contributed by atoms with van der Waals surface area (Å²) >= 11 is 0. The third-order valence-electron chi connectivity index (χ3n) is 3.36. The highest BCUT2D eigenvalue weighted by atomic mass is 16.3. The van der Waals surface area contributed by atoms with Crippen molar-refractivity contribution < 1.29 is 5.11 Å². The smallest absolute Gasteiger partial charge is 0.0491 e. The first kappa shape index (κ1) is 7.56. The molecule has 11 heavy (non-hydrogen) atoms. The van der Waals surface area contributed by atoms with Gasteiger partial charge in [0.1, 0.15) is 0 Å². The Balaban J connectivity index is 2.01. The lowest BCUT2D eigenvalue weighted by molar-refractivity contribution is 0.0673. The average molecular weight is 155 g/mol. The summed E-state index contributed by atoms with van der Waals surface area (Å²) in [4.78, 5) is 0. The SMILES string of the molecule is OCC1(C2CC2)CCNCC1. The summed E-state index contributed by atoms with van der Waals surface area (Å²) in [6.45, 7) is 2.63. The van der Waals surface area contributed by atoms with Gasteiger partial charge in [0.05, 0.1) is 0 Å². The summed E-state index contributed by atoms with van der Waals surface area (Å²) in [5.74, 6) is 0.856. The van der Waals surface area contributed by atoms with Crippen LogP contribution in [0.15, 0.2) is 0 Å². The molecule has 2 fully saturated rings. The first-order valence-electron chi connectivity index (χ1n) is 4.69. The molecule has 0 radical (unpaired) electrons. The van der Waals surface area contributed by atoms with Crippen LogP contribution in [-0.4, -0.2) is 24.8 Å². The van der Waals surface area contributed by atoms with Crippen LogP contribution in [0.25, 0.3) is 0 Å². The van der Waals surface area contributed by atoms with Crippen LogP contribution in [0.2, 0.25) is 0 Å². The summed E-state index contributed by atoms with van der Waals surface area (Å²) in [6.07, 6.45) is 5.10. The second-order valence-corrected chi connectivity index (χ2v) is 4.04. The van der Waals surface area contributed by atoms with Crippen molar-refractivity contribution in [3.05, 3.63) is 0 Å². The second kappa shape index (κ2) is 2.76. The molecule has 1 aliphatic carbocycles. The highest BCUT2D eigenvalue weighted by Crippen LogP contribution is 2.50. The van der Waals surface area contributed by atoms with Crippen LogP contribution in [-0.2, 0) is 0 Å². The molecule has 0 atom stereocenters. The molecular formula is C9H17NO. The van der Waals surface area contributed by atoms with Crippen molar-refractivity contribution in [2.75, 3.05) is 19.7 Å². The third kappa shape index (κ3) is 1.30. The van der Waals surface area contributed by atoms with Gasteiger partial charge in [-0.1, -0.05) is 0 Å². The van der Waals surface area contributed by atoms with E-state index in [0.29, 0.717) is 12.0 Å². The van der Waals surface area contributed by atoms with Gasteiger partial charge in [-0.05, 0) is 50.1 Å². The number of piperidine rings is 1. The van der Waals surface area contributed by atoms with E-state index >= 15 is 0 Å². The fraction of sp³-hybridized carbons (Fsp3) is 1.00. The maximum absolute atomic E-state index is 9.32. The highest BCUT2D eigenvalue weighted by molar-refractivity contribution is 4.96. The summed E-state index contributed by atoms with van der Waals surface area (Å²) in [7, 11) is 0. The predicted molar refractivity (Wildman–Crippen MR) is 44.3 cm³/mol. The van der Waals surface area contributed by atoms with E-state index < -0.39 is 0 Å². The molecule has 2 aliphatic rings. The van der Waals surface area contributed by atoms with Gasteiger partial charge in [0.2, 0.25) is 0 Å². The minimum atomic E-state index is 0.325. The molecule has 1 heterocycles. The Hall–Kier alpha value is -0.0800. The van der Waals surface area contributed by atoms with Crippen LogP contribution in [0.1, 0.15) is 25.7 Å². The molecule has 0 aromatic rings. The first-order chi connectivity index (χ1) is 5.37. The largest absolute Gasteiger partial charge is 0.396 e. The van der Waals surface area contributed by atoms with E-state index in [1.165, 1.54) is 25.7 Å². The molecule has 64 valence electrons. The van der Waals surface area contributed by atoms with Crippen molar-refractivity contribution in [1.29, 1.82) is 0 Å².